The Balaban J connectivity index is 1.13. The van der Waals surface area contributed by atoms with Crippen LogP contribution in [0, 0.1) is 0 Å². The summed E-state index contributed by atoms with van der Waals surface area (Å²) in [5.41, 5.74) is 16.8. The Morgan fingerprint density at radius 1 is 0.321 bits per heavy atom. The van der Waals surface area contributed by atoms with Crippen LogP contribution in [0.3, 0.4) is 0 Å². The molecule has 0 saturated carbocycles. The van der Waals surface area contributed by atoms with Crippen molar-refractivity contribution in [1.29, 1.82) is 0 Å². The van der Waals surface area contributed by atoms with Crippen molar-refractivity contribution >= 4 is 43.7 Å². The van der Waals surface area contributed by atoms with E-state index in [9.17, 15) is 0 Å². The normalized spacial score (nSPS) is 11.6. The van der Waals surface area contributed by atoms with Crippen LogP contribution in [-0.4, -0.2) is 19.1 Å². The van der Waals surface area contributed by atoms with Crippen molar-refractivity contribution in [2.45, 2.75) is 0 Å². The molecule has 0 spiro atoms. The molecule has 7 aromatic carbocycles. The highest BCUT2D eigenvalue weighted by Gasteiger charge is 2.19. The fraction of sp³-hybridized carbons (Fsp3) is 0. The Morgan fingerprint density at radius 3 is 1.86 bits per heavy atom. The van der Waals surface area contributed by atoms with E-state index in [1.807, 2.05) is 30.6 Å². The van der Waals surface area contributed by atoms with Crippen molar-refractivity contribution in [1.82, 2.24) is 19.1 Å². The average Bonchev–Trinajstić information content (AvgIpc) is 3.80. The Morgan fingerprint density at radius 2 is 1.00 bits per heavy atom. The fourth-order valence-corrected chi connectivity index (χ4v) is 8.47. The quantitative estimate of drug-likeness (QED) is 0.172. The van der Waals surface area contributed by atoms with Crippen molar-refractivity contribution in [3.05, 3.63) is 207 Å². The third-order valence-corrected chi connectivity index (χ3v) is 11.0. The maximum absolute atomic E-state index is 4.84. The van der Waals surface area contributed by atoms with Crippen molar-refractivity contribution < 1.29 is 0 Å². The number of rotatable bonds is 6. The van der Waals surface area contributed by atoms with Gasteiger partial charge in [-0.15, -0.1) is 0 Å². The molecule has 0 bridgehead atoms. The minimum atomic E-state index is 0.953. The molecule has 0 atom stereocenters. The molecule has 4 aromatic heterocycles. The third-order valence-electron chi connectivity index (χ3n) is 11.0. The Bertz CT molecular complexity index is 3170. The second kappa shape index (κ2) is 13.1. The van der Waals surface area contributed by atoms with E-state index in [0.717, 1.165) is 66.8 Å². The van der Waals surface area contributed by atoms with Crippen LogP contribution in [0.25, 0.3) is 99.8 Å². The summed E-state index contributed by atoms with van der Waals surface area (Å²) < 4.78 is 4.78. The molecule has 0 amide bonds. The van der Waals surface area contributed by atoms with E-state index in [2.05, 4.69) is 185 Å². The maximum Gasteiger partial charge on any atom is 0.0963 e. The van der Waals surface area contributed by atoms with E-state index in [1.54, 1.807) is 0 Å². The van der Waals surface area contributed by atoms with Gasteiger partial charge in [0.1, 0.15) is 0 Å². The van der Waals surface area contributed by atoms with Gasteiger partial charge in [-0.25, -0.2) is 0 Å². The maximum atomic E-state index is 4.84. The topological polar surface area (TPSA) is 35.6 Å². The first-order chi connectivity index (χ1) is 27.8. The van der Waals surface area contributed by atoms with Crippen LogP contribution in [0.5, 0.6) is 0 Å². The first kappa shape index (κ1) is 31.9. The zero-order valence-electron chi connectivity index (χ0n) is 30.4. The van der Waals surface area contributed by atoms with Crippen LogP contribution in [0.15, 0.2) is 207 Å². The fourth-order valence-electron chi connectivity index (χ4n) is 8.47. The predicted octanol–water partition coefficient (Wildman–Crippen LogP) is 13.3. The van der Waals surface area contributed by atoms with Gasteiger partial charge in [0.2, 0.25) is 0 Å². The molecule has 0 N–H and O–H groups in total. The van der Waals surface area contributed by atoms with Crippen molar-refractivity contribution in [2.75, 3.05) is 0 Å². The second-order valence-corrected chi connectivity index (χ2v) is 14.3. The lowest BCUT2D eigenvalue weighted by atomic mass is 9.94. The summed E-state index contributed by atoms with van der Waals surface area (Å²) in [5, 5.41) is 3.58. The van der Waals surface area contributed by atoms with Gasteiger partial charge in [0.25, 0.3) is 0 Å². The van der Waals surface area contributed by atoms with Gasteiger partial charge in [-0.2, -0.15) is 0 Å². The van der Waals surface area contributed by atoms with Crippen LogP contribution < -0.4 is 0 Å². The molecular weight excluding hydrogens is 681 g/mol. The molecule has 0 saturated heterocycles. The van der Waals surface area contributed by atoms with Gasteiger partial charge in [0.05, 0.1) is 33.3 Å². The van der Waals surface area contributed by atoms with Crippen LogP contribution in [0.2, 0.25) is 0 Å². The highest BCUT2D eigenvalue weighted by molar-refractivity contribution is 6.15. The smallest absolute Gasteiger partial charge is 0.0963 e. The SMILES string of the molecule is c1ccc(-c2cc(-c3cccc(-n4c5ccccc5c5cccc(-c6ccc7c8ncccc8n(-c8ccccc8)c7c6)c54)c3)cc(-c3ccccn3)c2)cc1. The second-order valence-electron chi connectivity index (χ2n) is 14.3. The third kappa shape index (κ3) is 5.23. The molecule has 56 heavy (non-hydrogen) atoms. The molecule has 0 radical (unpaired) electrons. The van der Waals surface area contributed by atoms with E-state index < -0.39 is 0 Å². The van der Waals surface area contributed by atoms with Crippen LogP contribution in [0.4, 0.5) is 0 Å². The summed E-state index contributed by atoms with van der Waals surface area (Å²) in [7, 11) is 0. The summed E-state index contributed by atoms with van der Waals surface area (Å²) in [6, 6.07) is 69.5. The van der Waals surface area contributed by atoms with Gasteiger partial charge in [-0.05, 0) is 113 Å². The number of para-hydroxylation sites is 3. The van der Waals surface area contributed by atoms with E-state index in [-0.39, 0.29) is 0 Å². The van der Waals surface area contributed by atoms with E-state index >= 15 is 0 Å². The lowest BCUT2D eigenvalue weighted by Gasteiger charge is -2.15. The molecule has 0 aliphatic rings. The molecule has 0 aliphatic carbocycles. The minimum Gasteiger partial charge on any atom is -0.309 e. The summed E-state index contributed by atoms with van der Waals surface area (Å²) in [5.74, 6) is 0. The number of fused-ring (bicyclic) bond motifs is 6. The molecule has 0 aliphatic heterocycles. The molecule has 4 nitrogen and oxygen atoms in total. The molecule has 4 heterocycles. The van der Waals surface area contributed by atoms with Gasteiger partial charge in [0.15, 0.2) is 0 Å². The van der Waals surface area contributed by atoms with Crippen LogP contribution in [-0.2, 0) is 0 Å². The Kier molecular flexibility index (Phi) is 7.46. The minimum absolute atomic E-state index is 0.953. The van der Waals surface area contributed by atoms with Gasteiger partial charge in [0, 0.05) is 51.1 Å². The zero-order valence-corrected chi connectivity index (χ0v) is 30.4. The van der Waals surface area contributed by atoms with Crippen LogP contribution >= 0.6 is 0 Å². The molecule has 11 rings (SSSR count). The van der Waals surface area contributed by atoms with Gasteiger partial charge in [-0.1, -0.05) is 109 Å². The Hall–Kier alpha value is -7.56. The average molecular weight is 715 g/mol. The molecule has 4 heteroatoms. The first-order valence-corrected chi connectivity index (χ1v) is 19.0. The predicted molar refractivity (Wildman–Crippen MR) is 232 cm³/mol. The number of nitrogens with zero attached hydrogens (tertiary/aromatic N) is 4. The van der Waals surface area contributed by atoms with Crippen LogP contribution in [0.1, 0.15) is 0 Å². The number of hydrogen-bond acceptors (Lipinski definition) is 2. The first-order valence-electron chi connectivity index (χ1n) is 19.0. The summed E-state index contributed by atoms with van der Waals surface area (Å²) >= 11 is 0. The summed E-state index contributed by atoms with van der Waals surface area (Å²) in [4.78, 5) is 9.57. The van der Waals surface area contributed by atoms with Gasteiger partial charge >= 0.3 is 0 Å². The molecular formula is C52H34N4. The number of aromatic nitrogens is 4. The standard InChI is InChI=1S/C52H34N4/c1-3-14-35(15-4-1)38-30-39(32-40(31-38)47-23-9-10-28-53-47)36-16-11-19-42(33-36)56-48-24-8-7-20-44(48)45-22-12-21-43(52(45)56)37-26-27-46-50(34-37)55(41-17-5-2-6-18-41)49-25-13-29-54-51(46)49/h1-34H. The zero-order chi connectivity index (χ0) is 37.0. The highest BCUT2D eigenvalue weighted by Crippen LogP contribution is 2.41. The van der Waals surface area contributed by atoms with Crippen molar-refractivity contribution in [2.24, 2.45) is 0 Å². The van der Waals surface area contributed by atoms with Crippen molar-refractivity contribution in [3.63, 3.8) is 0 Å². The van der Waals surface area contributed by atoms with E-state index in [0.29, 0.717) is 0 Å². The van der Waals surface area contributed by atoms with E-state index in [4.69, 9.17) is 9.97 Å². The number of pyridine rings is 2. The van der Waals surface area contributed by atoms with E-state index in [1.165, 1.54) is 32.9 Å². The number of benzene rings is 7. The highest BCUT2D eigenvalue weighted by atomic mass is 15.0. The molecule has 0 fully saturated rings. The van der Waals surface area contributed by atoms with Crippen molar-refractivity contribution in [3.8, 4) is 56.0 Å². The molecule has 262 valence electrons. The largest absolute Gasteiger partial charge is 0.309 e. The molecule has 11 aromatic rings. The summed E-state index contributed by atoms with van der Waals surface area (Å²) in [6.07, 6.45) is 3.75. The number of hydrogen-bond donors (Lipinski definition) is 0. The lowest BCUT2D eigenvalue weighted by molar-refractivity contribution is 1.17. The monoisotopic (exact) mass is 714 g/mol. The molecule has 0 unspecified atom stereocenters. The lowest BCUT2D eigenvalue weighted by Crippen LogP contribution is -1.97. The Labute approximate surface area is 324 Å². The van der Waals surface area contributed by atoms with Gasteiger partial charge < -0.3 is 9.13 Å². The van der Waals surface area contributed by atoms with Gasteiger partial charge in [-0.3, -0.25) is 9.97 Å². The summed E-state index contributed by atoms with van der Waals surface area (Å²) in [6.45, 7) is 0.